The summed E-state index contributed by atoms with van der Waals surface area (Å²) in [5, 5.41) is 3.32. The highest BCUT2D eigenvalue weighted by atomic mass is 16.5. The molecule has 1 aromatic carbocycles. The first-order valence-corrected chi connectivity index (χ1v) is 6.60. The minimum Gasteiger partial charge on any atom is -0.497 e. The third kappa shape index (κ3) is 2.82. The molecule has 1 aromatic heterocycles. The van der Waals surface area contributed by atoms with Crippen molar-refractivity contribution < 1.29 is 9.15 Å². The first-order chi connectivity index (χ1) is 9.19. The number of methoxy groups -OCH3 is 1. The van der Waals surface area contributed by atoms with Crippen molar-refractivity contribution in [3.8, 4) is 5.75 Å². The fourth-order valence-electron chi connectivity index (χ4n) is 2.29. The number of hydrogen-bond donors (Lipinski definition) is 1. The molecule has 0 fully saturated rings. The lowest BCUT2D eigenvalue weighted by atomic mass is 9.99. The lowest BCUT2D eigenvalue weighted by Crippen LogP contribution is -2.18. The molecule has 0 aliphatic rings. The van der Waals surface area contributed by atoms with Crippen LogP contribution in [0.4, 0.5) is 0 Å². The summed E-state index contributed by atoms with van der Waals surface area (Å²) in [7, 11) is 3.63. The summed E-state index contributed by atoms with van der Waals surface area (Å²) in [5.74, 6) is 2.85. The van der Waals surface area contributed by atoms with E-state index >= 15 is 0 Å². The van der Waals surface area contributed by atoms with Crippen LogP contribution in [0.15, 0.2) is 34.7 Å². The smallest absolute Gasteiger partial charge is 0.125 e. The molecule has 102 valence electrons. The van der Waals surface area contributed by atoms with Crippen LogP contribution in [0, 0.1) is 6.92 Å². The summed E-state index contributed by atoms with van der Waals surface area (Å²) in [6, 6.07) is 10.3. The number of furan rings is 1. The topological polar surface area (TPSA) is 34.4 Å². The Labute approximate surface area is 114 Å². The Morgan fingerprint density at radius 1 is 1.26 bits per heavy atom. The second-order valence-corrected chi connectivity index (χ2v) is 4.60. The maximum atomic E-state index is 5.86. The summed E-state index contributed by atoms with van der Waals surface area (Å²) >= 11 is 0. The summed E-state index contributed by atoms with van der Waals surface area (Å²) in [4.78, 5) is 0. The van der Waals surface area contributed by atoms with Crippen LogP contribution < -0.4 is 10.1 Å². The zero-order valence-corrected chi connectivity index (χ0v) is 12.0. The maximum absolute atomic E-state index is 5.86. The normalized spacial score (nSPS) is 12.4. The average Bonchev–Trinajstić information content (AvgIpc) is 2.90. The molecule has 1 atom stereocenters. The molecule has 0 amide bonds. The van der Waals surface area contributed by atoms with Crippen molar-refractivity contribution in [2.75, 3.05) is 14.2 Å². The molecule has 0 saturated heterocycles. The van der Waals surface area contributed by atoms with E-state index in [9.17, 15) is 0 Å². The minimum absolute atomic E-state index is 0.0752. The van der Waals surface area contributed by atoms with Gasteiger partial charge in [0, 0.05) is 6.42 Å². The predicted molar refractivity (Wildman–Crippen MR) is 76.7 cm³/mol. The Hall–Kier alpha value is -1.74. The van der Waals surface area contributed by atoms with Gasteiger partial charge in [-0.2, -0.15) is 0 Å². The lowest BCUT2D eigenvalue weighted by molar-refractivity contribution is 0.412. The van der Waals surface area contributed by atoms with Crippen molar-refractivity contribution in [2.24, 2.45) is 0 Å². The molecular weight excluding hydrogens is 238 g/mol. The second kappa shape index (κ2) is 5.93. The van der Waals surface area contributed by atoms with Gasteiger partial charge in [-0.1, -0.05) is 13.0 Å². The van der Waals surface area contributed by atoms with E-state index < -0.39 is 0 Å². The first kappa shape index (κ1) is 13.7. The van der Waals surface area contributed by atoms with E-state index in [0.29, 0.717) is 0 Å². The highest BCUT2D eigenvalue weighted by Crippen LogP contribution is 2.28. The Kier molecular flexibility index (Phi) is 4.27. The third-order valence-electron chi connectivity index (χ3n) is 3.39. The van der Waals surface area contributed by atoms with Gasteiger partial charge in [-0.05, 0) is 49.4 Å². The minimum atomic E-state index is 0.0752. The highest BCUT2D eigenvalue weighted by molar-refractivity contribution is 5.39. The SMILES string of the molecule is CCc1ccc(C(NC)c2ccc(OC)cc2C)o1. The van der Waals surface area contributed by atoms with Gasteiger partial charge in [-0.3, -0.25) is 0 Å². The molecular formula is C16H21NO2. The van der Waals surface area contributed by atoms with E-state index in [1.165, 1.54) is 11.1 Å². The van der Waals surface area contributed by atoms with E-state index in [1.807, 2.05) is 31.3 Å². The fourth-order valence-corrected chi connectivity index (χ4v) is 2.29. The highest BCUT2D eigenvalue weighted by Gasteiger charge is 2.18. The Bertz CT molecular complexity index is 545. The van der Waals surface area contributed by atoms with Crippen LogP contribution in [-0.4, -0.2) is 14.2 Å². The third-order valence-corrected chi connectivity index (χ3v) is 3.39. The van der Waals surface area contributed by atoms with Crippen LogP contribution in [0.25, 0.3) is 0 Å². The van der Waals surface area contributed by atoms with E-state index in [4.69, 9.17) is 9.15 Å². The largest absolute Gasteiger partial charge is 0.497 e. The molecule has 0 radical (unpaired) electrons. The van der Waals surface area contributed by atoms with Crippen molar-refractivity contribution in [2.45, 2.75) is 26.3 Å². The number of aryl methyl sites for hydroxylation is 2. The molecule has 2 rings (SSSR count). The van der Waals surface area contributed by atoms with Crippen molar-refractivity contribution in [1.29, 1.82) is 0 Å². The Morgan fingerprint density at radius 3 is 2.58 bits per heavy atom. The Morgan fingerprint density at radius 2 is 2.05 bits per heavy atom. The molecule has 2 aromatic rings. The molecule has 19 heavy (non-hydrogen) atoms. The van der Waals surface area contributed by atoms with Gasteiger partial charge in [0.05, 0.1) is 13.2 Å². The monoisotopic (exact) mass is 259 g/mol. The second-order valence-electron chi connectivity index (χ2n) is 4.60. The quantitative estimate of drug-likeness (QED) is 0.892. The van der Waals surface area contributed by atoms with Crippen molar-refractivity contribution in [1.82, 2.24) is 5.32 Å². The number of nitrogens with one attached hydrogen (secondary N) is 1. The number of rotatable bonds is 5. The van der Waals surface area contributed by atoms with Gasteiger partial charge in [0.2, 0.25) is 0 Å². The van der Waals surface area contributed by atoms with Gasteiger partial charge < -0.3 is 14.5 Å². The molecule has 0 spiro atoms. The number of ether oxygens (including phenoxy) is 1. The van der Waals surface area contributed by atoms with Gasteiger partial charge in [0.15, 0.2) is 0 Å². The van der Waals surface area contributed by atoms with Crippen LogP contribution in [0.3, 0.4) is 0 Å². The summed E-state index contributed by atoms with van der Waals surface area (Å²) in [6.45, 7) is 4.18. The van der Waals surface area contributed by atoms with Gasteiger partial charge in [-0.15, -0.1) is 0 Å². The van der Waals surface area contributed by atoms with E-state index in [1.54, 1.807) is 7.11 Å². The summed E-state index contributed by atoms with van der Waals surface area (Å²) < 4.78 is 11.1. The molecule has 0 saturated carbocycles. The van der Waals surface area contributed by atoms with Crippen molar-refractivity contribution in [3.63, 3.8) is 0 Å². The van der Waals surface area contributed by atoms with Gasteiger partial charge in [0.1, 0.15) is 17.3 Å². The van der Waals surface area contributed by atoms with Crippen LogP contribution in [-0.2, 0) is 6.42 Å². The van der Waals surface area contributed by atoms with E-state index in [0.717, 1.165) is 23.7 Å². The van der Waals surface area contributed by atoms with E-state index in [2.05, 4.69) is 25.2 Å². The lowest BCUT2D eigenvalue weighted by Gasteiger charge is -2.17. The standard InChI is InChI=1S/C16H21NO2/c1-5-12-7-9-15(19-12)16(17-3)14-8-6-13(18-4)10-11(14)2/h6-10,16-17H,5H2,1-4H3. The van der Waals surface area contributed by atoms with Gasteiger partial charge >= 0.3 is 0 Å². The maximum Gasteiger partial charge on any atom is 0.125 e. The van der Waals surface area contributed by atoms with Crippen LogP contribution in [0.2, 0.25) is 0 Å². The van der Waals surface area contributed by atoms with Crippen LogP contribution >= 0.6 is 0 Å². The average molecular weight is 259 g/mol. The van der Waals surface area contributed by atoms with Gasteiger partial charge in [0.25, 0.3) is 0 Å². The van der Waals surface area contributed by atoms with Crippen LogP contribution in [0.5, 0.6) is 5.75 Å². The van der Waals surface area contributed by atoms with Crippen molar-refractivity contribution >= 4 is 0 Å². The first-order valence-electron chi connectivity index (χ1n) is 6.60. The Balaban J connectivity index is 2.36. The molecule has 3 nitrogen and oxygen atoms in total. The molecule has 0 aliphatic heterocycles. The fraction of sp³-hybridized carbons (Fsp3) is 0.375. The molecule has 1 heterocycles. The van der Waals surface area contributed by atoms with Crippen molar-refractivity contribution in [3.05, 3.63) is 53.0 Å². The number of hydrogen-bond acceptors (Lipinski definition) is 3. The summed E-state index contributed by atoms with van der Waals surface area (Å²) in [5.41, 5.74) is 2.40. The zero-order valence-electron chi connectivity index (χ0n) is 12.0. The molecule has 3 heteroatoms. The molecule has 1 N–H and O–H groups in total. The molecule has 0 aliphatic carbocycles. The van der Waals surface area contributed by atoms with Crippen LogP contribution in [0.1, 0.15) is 35.6 Å². The van der Waals surface area contributed by atoms with E-state index in [-0.39, 0.29) is 6.04 Å². The number of benzene rings is 1. The van der Waals surface area contributed by atoms with Gasteiger partial charge in [-0.25, -0.2) is 0 Å². The predicted octanol–water partition coefficient (Wildman–Crippen LogP) is 3.47. The summed E-state index contributed by atoms with van der Waals surface area (Å²) in [6.07, 6.45) is 0.915. The zero-order chi connectivity index (χ0) is 13.8. The molecule has 1 unspecified atom stereocenters. The molecule has 0 bridgehead atoms.